The van der Waals surface area contributed by atoms with Gasteiger partial charge in [-0.15, -0.1) is 0 Å². The van der Waals surface area contributed by atoms with Crippen LogP contribution in [-0.4, -0.2) is 35.7 Å². The van der Waals surface area contributed by atoms with Crippen LogP contribution in [0.1, 0.15) is 13.3 Å². The first-order chi connectivity index (χ1) is 9.04. The van der Waals surface area contributed by atoms with Gasteiger partial charge in [0.25, 0.3) is 0 Å². The highest BCUT2D eigenvalue weighted by Gasteiger charge is 2.32. The third kappa shape index (κ3) is 2.59. The highest BCUT2D eigenvalue weighted by atomic mass is 16.6. The number of aromatic nitrogens is 1. The molecule has 0 bridgehead atoms. The molecule has 2 unspecified atom stereocenters. The number of hydrazine groups is 1. The summed E-state index contributed by atoms with van der Waals surface area (Å²) >= 11 is 0. The lowest BCUT2D eigenvalue weighted by Gasteiger charge is -2.27. The van der Waals surface area contributed by atoms with Crippen LogP contribution in [0, 0.1) is 10.1 Å². The summed E-state index contributed by atoms with van der Waals surface area (Å²) in [6.07, 6.45) is 0.831. The van der Waals surface area contributed by atoms with E-state index >= 15 is 0 Å². The van der Waals surface area contributed by atoms with Crippen LogP contribution in [0.3, 0.4) is 0 Å². The maximum absolute atomic E-state index is 11.1. The number of nitrogens with two attached hydrogens (primary N) is 1. The minimum atomic E-state index is -0.445. The SMILES string of the molecule is CC1OCCC1N(C)c1nc(NN)ccc1[N+](=O)[O-]. The van der Waals surface area contributed by atoms with Gasteiger partial charge in [0.05, 0.1) is 17.1 Å². The summed E-state index contributed by atoms with van der Waals surface area (Å²) in [4.78, 5) is 16.6. The molecule has 1 fully saturated rings. The first-order valence-corrected chi connectivity index (χ1v) is 6.01. The second-order valence-electron chi connectivity index (χ2n) is 4.48. The van der Waals surface area contributed by atoms with Gasteiger partial charge in [-0.05, 0) is 19.4 Å². The van der Waals surface area contributed by atoms with Crippen LogP contribution in [0.2, 0.25) is 0 Å². The third-order valence-corrected chi connectivity index (χ3v) is 3.37. The van der Waals surface area contributed by atoms with Crippen LogP contribution >= 0.6 is 0 Å². The third-order valence-electron chi connectivity index (χ3n) is 3.37. The number of nitrogens with zero attached hydrogens (tertiary/aromatic N) is 3. The molecule has 8 heteroatoms. The molecule has 0 amide bonds. The fourth-order valence-electron chi connectivity index (χ4n) is 2.31. The molecule has 104 valence electrons. The first kappa shape index (κ1) is 13.5. The Morgan fingerprint density at radius 2 is 2.37 bits per heavy atom. The number of anilines is 2. The Hall–Kier alpha value is -1.93. The molecular weight excluding hydrogens is 250 g/mol. The Bertz CT molecular complexity index is 481. The molecule has 3 N–H and O–H groups in total. The Morgan fingerprint density at radius 1 is 1.63 bits per heavy atom. The average molecular weight is 267 g/mol. The molecule has 1 saturated heterocycles. The molecule has 0 aromatic carbocycles. The van der Waals surface area contributed by atoms with Gasteiger partial charge < -0.3 is 15.1 Å². The number of pyridine rings is 1. The number of ether oxygens (including phenoxy) is 1. The van der Waals surface area contributed by atoms with Crippen LogP contribution in [0.15, 0.2) is 12.1 Å². The van der Waals surface area contributed by atoms with Crippen molar-refractivity contribution in [2.24, 2.45) is 5.84 Å². The largest absolute Gasteiger partial charge is 0.376 e. The summed E-state index contributed by atoms with van der Waals surface area (Å²) in [6, 6.07) is 2.94. The van der Waals surface area contributed by atoms with Gasteiger partial charge in [0.15, 0.2) is 0 Å². The monoisotopic (exact) mass is 267 g/mol. The van der Waals surface area contributed by atoms with Crippen LogP contribution in [-0.2, 0) is 4.74 Å². The number of nitrogens with one attached hydrogen (secondary N) is 1. The van der Waals surface area contributed by atoms with Gasteiger partial charge in [-0.25, -0.2) is 10.8 Å². The summed E-state index contributed by atoms with van der Waals surface area (Å²) in [5, 5.41) is 11.1. The Kier molecular flexibility index (Phi) is 3.82. The predicted octanol–water partition coefficient (Wildman–Crippen LogP) is 0.889. The van der Waals surface area contributed by atoms with Gasteiger partial charge in [-0.1, -0.05) is 0 Å². The molecule has 0 aliphatic carbocycles. The highest BCUT2D eigenvalue weighted by Crippen LogP contribution is 2.31. The van der Waals surface area contributed by atoms with Crippen molar-refractivity contribution >= 4 is 17.3 Å². The summed E-state index contributed by atoms with van der Waals surface area (Å²) in [7, 11) is 1.78. The smallest absolute Gasteiger partial charge is 0.311 e. The number of likely N-dealkylation sites (N-methyl/N-ethyl adjacent to an activating group) is 1. The van der Waals surface area contributed by atoms with E-state index in [1.54, 1.807) is 11.9 Å². The second kappa shape index (κ2) is 5.37. The fraction of sp³-hybridized carbons (Fsp3) is 0.545. The van der Waals surface area contributed by atoms with E-state index in [-0.39, 0.29) is 17.8 Å². The minimum absolute atomic E-state index is 0.0147. The van der Waals surface area contributed by atoms with Crippen molar-refractivity contribution in [3.8, 4) is 0 Å². The zero-order chi connectivity index (χ0) is 14.0. The molecule has 0 radical (unpaired) electrons. The topological polar surface area (TPSA) is 107 Å². The maximum Gasteiger partial charge on any atom is 0.311 e. The predicted molar refractivity (Wildman–Crippen MR) is 70.9 cm³/mol. The molecule has 1 aromatic rings. The summed E-state index contributed by atoms with van der Waals surface area (Å²) in [5.41, 5.74) is 2.36. The van der Waals surface area contributed by atoms with Gasteiger partial charge in [-0.2, -0.15) is 0 Å². The molecule has 2 rings (SSSR count). The van der Waals surface area contributed by atoms with E-state index in [0.717, 1.165) is 6.42 Å². The second-order valence-corrected chi connectivity index (χ2v) is 4.48. The molecular formula is C11H17N5O3. The van der Waals surface area contributed by atoms with Crippen molar-refractivity contribution in [3.05, 3.63) is 22.2 Å². The highest BCUT2D eigenvalue weighted by molar-refractivity contribution is 5.62. The number of rotatable bonds is 4. The van der Waals surface area contributed by atoms with Crippen molar-refractivity contribution in [2.45, 2.75) is 25.5 Å². The van der Waals surface area contributed by atoms with Crippen molar-refractivity contribution in [1.82, 2.24) is 4.98 Å². The van der Waals surface area contributed by atoms with E-state index in [1.165, 1.54) is 12.1 Å². The molecule has 0 saturated carbocycles. The van der Waals surface area contributed by atoms with E-state index in [0.29, 0.717) is 18.2 Å². The Balaban J connectivity index is 2.37. The zero-order valence-electron chi connectivity index (χ0n) is 10.9. The van der Waals surface area contributed by atoms with Crippen LogP contribution < -0.4 is 16.2 Å². The quantitative estimate of drug-likeness (QED) is 0.474. The number of nitrogen functional groups attached to an aromatic ring is 1. The van der Waals surface area contributed by atoms with E-state index in [4.69, 9.17) is 10.6 Å². The average Bonchev–Trinajstić information content (AvgIpc) is 2.83. The molecule has 19 heavy (non-hydrogen) atoms. The lowest BCUT2D eigenvalue weighted by Crippen LogP contribution is -2.37. The van der Waals surface area contributed by atoms with Crippen LogP contribution in [0.4, 0.5) is 17.3 Å². The van der Waals surface area contributed by atoms with Gasteiger partial charge in [0.1, 0.15) is 5.82 Å². The van der Waals surface area contributed by atoms with Crippen molar-refractivity contribution < 1.29 is 9.66 Å². The van der Waals surface area contributed by atoms with Crippen LogP contribution in [0.25, 0.3) is 0 Å². The van der Waals surface area contributed by atoms with Crippen LogP contribution in [0.5, 0.6) is 0 Å². The van der Waals surface area contributed by atoms with E-state index in [1.807, 2.05) is 6.92 Å². The van der Waals surface area contributed by atoms with E-state index in [2.05, 4.69) is 10.4 Å². The fourth-order valence-corrected chi connectivity index (χ4v) is 2.31. The van der Waals surface area contributed by atoms with Gasteiger partial charge in [0, 0.05) is 19.7 Å². The van der Waals surface area contributed by atoms with Crippen molar-refractivity contribution in [2.75, 3.05) is 24.0 Å². The maximum atomic E-state index is 11.1. The molecule has 1 aliphatic heterocycles. The van der Waals surface area contributed by atoms with Gasteiger partial charge >= 0.3 is 5.69 Å². The lowest BCUT2D eigenvalue weighted by atomic mass is 10.1. The summed E-state index contributed by atoms with van der Waals surface area (Å²) < 4.78 is 5.49. The zero-order valence-corrected chi connectivity index (χ0v) is 10.9. The molecule has 1 aliphatic rings. The Morgan fingerprint density at radius 3 is 2.89 bits per heavy atom. The number of nitro groups is 1. The van der Waals surface area contributed by atoms with Crippen molar-refractivity contribution in [1.29, 1.82) is 0 Å². The minimum Gasteiger partial charge on any atom is -0.376 e. The number of hydrogen-bond acceptors (Lipinski definition) is 7. The lowest BCUT2D eigenvalue weighted by molar-refractivity contribution is -0.384. The molecule has 8 nitrogen and oxygen atoms in total. The standard InChI is InChI=1S/C11H17N5O3/c1-7-8(5-6-19-7)15(2)11-9(16(17)18)3-4-10(13-11)14-12/h3-4,7-8H,5-6,12H2,1-2H3,(H,13,14). The molecule has 0 spiro atoms. The summed E-state index contributed by atoms with van der Waals surface area (Å²) in [6.45, 7) is 2.60. The van der Waals surface area contributed by atoms with E-state index in [9.17, 15) is 10.1 Å². The normalized spacial score (nSPS) is 22.3. The first-order valence-electron chi connectivity index (χ1n) is 6.01. The molecule has 2 heterocycles. The van der Waals surface area contributed by atoms with Crippen molar-refractivity contribution in [3.63, 3.8) is 0 Å². The van der Waals surface area contributed by atoms with E-state index < -0.39 is 4.92 Å². The summed E-state index contributed by atoms with van der Waals surface area (Å²) in [5.74, 6) is 5.98. The number of hydrogen-bond donors (Lipinski definition) is 2. The molecule has 1 aromatic heterocycles. The van der Waals surface area contributed by atoms with Gasteiger partial charge in [0.2, 0.25) is 5.82 Å². The molecule has 2 atom stereocenters. The van der Waals surface area contributed by atoms with Gasteiger partial charge in [-0.3, -0.25) is 10.1 Å². The Labute approximate surface area is 110 Å².